The highest BCUT2D eigenvalue weighted by Crippen LogP contribution is 2.74. The molecule has 0 spiro atoms. The average molecular weight is 544 g/mol. The van der Waals surface area contributed by atoms with Crippen LogP contribution in [-0.2, 0) is 4.79 Å². The molecule has 0 heterocycles. The zero-order valence-corrected chi connectivity index (χ0v) is 23.1. The Morgan fingerprint density at radius 2 is 1.26 bits per heavy atom. The molecule has 0 saturated heterocycles. The van der Waals surface area contributed by atoms with Crippen LogP contribution in [0.15, 0.2) is 58.6 Å². The van der Waals surface area contributed by atoms with Crippen LogP contribution in [-0.4, -0.2) is 35.2 Å². The quantitative estimate of drug-likeness (QED) is 0.215. The summed E-state index contributed by atoms with van der Waals surface area (Å²) >= 11 is 3.55. The van der Waals surface area contributed by atoms with Crippen molar-refractivity contribution in [2.45, 2.75) is 65.0 Å². The lowest BCUT2D eigenvalue weighted by Gasteiger charge is -2.37. The number of hydrogen-bond acceptors (Lipinski definition) is 3. The molecule has 5 heteroatoms. The van der Waals surface area contributed by atoms with Gasteiger partial charge in [0.05, 0.1) is 24.1 Å². The molecule has 3 nitrogen and oxygen atoms in total. The van der Waals surface area contributed by atoms with E-state index in [0.717, 1.165) is 67.0 Å². The van der Waals surface area contributed by atoms with E-state index in [1.165, 1.54) is 0 Å². The van der Waals surface area contributed by atoms with Crippen molar-refractivity contribution in [1.29, 1.82) is 0 Å². The molecule has 2 aromatic carbocycles. The van der Waals surface area contributed by atoms with Gasteiger partial charge in [0.1, 0.15) is 11.4 Å². The Morgan fingerprint density at radius 1 is 0.765 bits per heavy atom. The van der Waals surface area contributed by atoms with E-state index in [9.17, 15) is 14.7 Å². The van der Waals surface area contributed by atoms with Crippen molar-refractivity contribution in [3.8, 4) is 0 Å². The number of allylic oxidation sites excluding steroid dienone is 1. The fourth-order valence-corrected chi connectivity index (χ4v) is 11.3. The summed E-state index contributed by atoms with van der Waals surface area (Å²) in [7, 11) is -1.78. The maximum atomic E-state index is 13.7. The predicted octanol–water partition coefficient (Wildman–Crippen LogP) is 8.64. The molecule has 0 aromatic heterocycles. The van der Waals surface area contributed by atoms with Crippen molar-refractivity contribution >= 4 is 40.5 Å². The Bertz CT molecular complexity index is 1020. The van der Waals surface area contributed by atoms with Crippen molar-refractivity contribution in [3.63, 3.8) is 0 Å². The van der Waals surface area contributed by atoms with Gasteiger partial charge in [0.25, 0.3) is 0 Å². The molecule has 3 rings (SSSR count). The number of aliphatic hydroxyl groups excluding tert-OH is 1. The zero-order chi connectivity index (χ0) is 24.7. The van der Waals surface area contributed by atoms with Crippen LogP contribution < -0.4 is 0 Å². The van der Waals surface area contributed by atoms with Gasteiger partial charge in [-0.3, -0.25) is 9.59 Å². The van der Waals surface area contributed by atoms with Crippen molar-refractivity contribution in [1.82, 2.24) is 0 Å². The number of carbonyl (C=O) groups is 2. The van der Waals surface area contributed by atoms with Crippen molar-refractivity contribution in [2.75, 3.05) is 18.5 Å². The molecule has 2 aromatic rings. The molecule has 1 aliphatic carbocycles. The van der Waals surface area contributed by atoms with Gasteiger partial charge in [-0.25, -0.2) is 0 Å². The number of Topliss-reactive ketones (excluding diaryl/α,β-unsaturated/α-hetero) is 2. The molecule has 182 valence electrons. The zero-order valence-electron chi connectivity index (χ0n) is 20.6. The smallest absolute Gasteiger partial charge is 0.237 e. The summed E-state index contributed by atoms with van der Waals surface area (Å²) in [5.74, 6) is -1.02. The standard InChI is InChI=1S/C29H36BrO3P/c1-4-7-18-34(19-8-5-2,20-9-6-3)29(21-14-16-22(30)17-15-21)25-26(31)23-12-10-11-13-24(23)27(32)28(25)33/h10-17,29H,4-9,18-20H2,1-3H3/p+1/t29-/m1/s1. The highest BCUT2D eigenvalue weighted by atomic mass is 79.9. The third kappa shape index (κ3) is 5.55. The number of ketones is 2. The molecule has 1 atom stereocenters. The second-order valence-electron chi connectivity index (χ2n) is 9.37. The minimum atomic E-state index is -1.78. The fraction of sp³-hybridized carbons (Fsp3) is 0.448. The van der Waals surface area contributed by atoms with Crippen LogP contribution in [0.4, 0.5) is 0 Å². The Hall–Kier alpha value is -1.77. The van der Waals surface area contributed by atoms with Crippen LogP contribution in [0.2, 0.25) is 0 Å². The number of unbranched alkanes of at least 4 members (excludes halogenated alkanes) is 3. The molecular weight excluding hydrogens is 507 g/mol. The van der Waals surface area contributed by atoms with E-state index in [4.69, 9.17) is 0 Å². The largest absolute Gasteiger partial charge is 0.507 e. The molecule has 34 heavy (non-hydrogen) atoms. The number of benzene rings is 2. The third-order valence-corrected chi connectivity index (χ3v) is 12.8. The molecule has 0 amide bonds. The van der Waals surface area contributed by atoms with Crippen molar-refractivity contribution in [2.24, 2.45) is 0 Å². The highest BCUT2D eigenvalue weighted by molar-refractivity contribution is 9.10. The Balaban J connectivity index is 2.32. The minimum Gasteiger partial charge on any atom is -0.507 e. The van der Waals surface area contributed by atoms with Crippen LogP contribution >= 0.6 is 23.2 Å². The van der Waals surface area contributed by atoms with E-state index in [0.29, 0.717) is 16.7 Å². The first-order chi connectivity index (χ1) is 16.4. The monoisotopic (exact) mass is 543 g/mol. The first-order valence-electron chi connectivity index (χ1n) is 12.6. The second-order valence-corrected chi connectivity index (χ2v) is 14.6. The maximum absolute atomic E-state index is 13.7. The van der Waals surface area contributed by atoms with Gasteiger partial charge in [-0.2, -0.15) is 0 Å². The van der Waals surface area contributed by atoms with Gasteiger partial charge in [-0.1, -0.05) is 92.4 Å². The van der Waals surface area contributed by atoms with Gasteiger partial charge in [0.15, 0.2) is 0 Å². The van der Waals surface area contributed by atoms with E-state index < -0.39 is 18.8 Å². The van der Waals surface area contributed by atoms with Crippen LogP contribution in [0.25, 0.3) is 5.76 Å². The first-order valence-corrected chi connectivity index (χ1v) is 15.8. The van der Waals surface area contributed by atoms with E-state index >= 15 is 0 Å². The highest BCUT2D eigenvalue weighted by Gasteiger charge is 2.52. The van der Waals surface area contributed by atoms with Crippen LogP contribution in [0.1, 0.15) is 86.4 Å². The summed E-state index contributed by atoms with van der Waals surface area (Å²) in [6.45, 7) is 6.64. The topological polar surface area (TPSA) is 54.4 Å². The minimum absolute atomic E-state index is 0.00184. The van der Waals surface area contributed by atoms with Crippen LogP contribution in [0.3, 0.4) is 0 Å². The van der Waals surface area contributed by atoms with Crippen LogP contribution in [0, 0.1) is 0 Å². The lowest BCUT2D eigenvalue weighted by atomic mass is 9.85. The number of aliphatic hydroxyl groups is 1. The summed E-state index contributed by atoms with van der Waals surface area (Å²) in [5, 5.41) is 11.6. The van der Waals surface area contributed by atoms with Crippen LogP contribution in [0.5, 0.6) is 0 Å². The summed E-state index contributed by atoms with van der Waals surface area (Å²) in [5.41, 5.74) is 1.95. The number of rotatable bonds is 12. The third-order valence-electron chi connectivity index (χ3n) is 7.01. The van der Waals surface area contributed by atoms with E-state index in [1.54, 1.807) is 18.2 Å². The fourth-order valence-electron chi connectivity index (χ4n) is 5.18. The number of hydrogen-bond donors (Lipinski definition) is 1. The molecule has 1 aliphatic rings. The second kappa shape index (κ2) is 12.3. The molecule has 0 bridgehead atoms. The van der Waals surface area contributed by atoms with Gasteiger partial charge in [0, 0.05) is 22.9 Å². The summed E-state index contributed by atoms with van der Waals surface area (Å²) in [4.78, 5) is 26.9. The Labute approximate surface area is 213 Å². The SMILES string of the molecule is CCCC[P+](CCCC)(CCCC)[C@@H](C1=C(O)c2ccccc2C(=O)C1=O)c1ccc(Br)cc1. The van der Waals surface area contributed by atoms with E-state index in [2.05, 4.69) is 48.8 Å². The maximum Gasteiger partial charge on any atom is 0.237 e. The Morgan fingerprint density at radius 3 is 1.76 bits per heavy atom. The van der Waals surface area contributed by atoms with Gasteiger partial charge in [0.2, 0.25) is 11.6 Å². The number of halogens is 1. The van der Waals surface area contributed by atoms with E-state index in [-0.39, 0.29) is 11.4 Å². The first kappa shape index (κ1) is 26.8. The molecule has 0 fully saturated rings. The number of carbonyl (C=O) groups excluding carboxylic acids is 2. The van der Waals surface area contributed by atoms with Crippen molar-refractivity contribution in [3.05, 3.63) is 75.3 Å². The lowest BCUT2D eigenvalue weighted by molar-refractivity contribution is -0.112. The molecule has 0 unspecified atom stereocenters. The molecule has 0 saturated carbocycles. The summed E-state index contributed by atoms with van der Waals surface area (Å²) in [6.07, 6.45) is 9.79. The normalized spacial score (nSPS) is 14.9. The Kier molecular flexibility index (Phi) is 9.68. The van der Waals surface area contributed by atoms with Crippen molar-refractivity contribution < 1.29 is 14.7 Å². The molecule has 0 radical (unpaired) electrons. The van der Waals surface area contributed by atoms with Gasteiger partial charge in [-0.05, 0) is 37.0 Å². The van der Waals surface area contributed by atoms with E-state index in [1.807, 2.05) is 18.2 Å². The van der Waals surface area contributed by atoms with Gasteiger partial charge in [-0.15, -0.1) is 0 Å². The summed E-state index contributed by atoms with van der Waals surface area (Å²) in [6, 6.07) is 15.1. The summed E-state index contributed by atoms with van der Waals surface area (Å²) < 4.78 is 0.976. The number of fused-ring (bicyclic) bond motifs is 1. The molecule has 1 N–H and O–H groups in total. The average Bonchev–Trinajstić information content (AvgIpc) is 2.86. The van der Waals surface area contributed by atoms with Gasteiger partial charge >= 0.3 is 0 Å². The lowest BCUT2D eigenvalue weighted by Crippen LogP contribution is -2.30. The molecular formula is C29H37BrO3P+. The predicted molar refractivity (Wildman–Crippen MR) is 148 cm³/mol. The van der Waals surface area contributed by atoms with Gasteiger partial charge < -0.3 is 5.11 Å². The molecule has 0 aliphatic heterocycles.